The highest BCUT2D eigenvalue weighted by atomic mass is 16.4. The molecule has 3 rings (SSSR count). The number of aromatic carboxylic acids is 1. The van der Waals surface area contributed by atoms with Crippen molar-refractivity contribution in [2.75, 3.05) is 18.0 Å². The van der Waals surface area contributed by atoms with Gasteiger partial charge in [0, 0.05) is 30.8 Å². The number of aromatic hydroxyl groups is 1. The average Bonchev–Trinajstić information content (AvgIpc) is 2.77. The summed E-state index contributed by atoms with van der Waals surface area (Å²) in [4.78, 5) is 26.0. The van der Waals surface area contributed by atoms with Crippen LogP contribution in [0.3, 0.4) is 0 Å². The molecule has 2 aromatic carbocycles. The number of anilines is 1. The second-order valence-electron chi connectivity index (χ2n) is 8.40. The molecular formula is C25H32N2O4. The minimum atomic E-state index is -0.975. The van der Waals surface area contributed by atoms with Gasteiger partial charge in [0.2, 0.25) is 5.91 Å². The van der Waals surface area contributed by atoms with Crippen molar-refractivity contribution in [3.63, 3.8) is 0 Å². The molecule has 6 heteroatoms. The molecule has 1 amide bonds. The summed E-state index contributed by atoms with van der Waals surface area (Å²) in [5.41, 5.74) is 9.03. The molecule has 0 spiro atoms. The van der Waals surface area contributed by atoms with Crippen LogP contribution in [0.2, 0.25) is 0 Å². The van der Waals surface area contributed by atoms with E-state index in [0.29, 0.717) is 6.42 Å². The van der Waals surface area contributed by atoms with Crippen molar-refractivity contribution in [2.24, 2.45) is 11.7 Å². The number of carboxylic acids is 1. The maximum absolute atomic E-state index is 12.6. The van der Waals surface area contributed by atoms with Gasteiger partial charge in [0.25, 0.3) is 0 Å². The highest BCUT2D eigenvalue weighted by molar-refractivity contribution is 5.87. The van der Waals surface area contributed by atoms with Crippen LogP contribution in [0.1, 0.15) is 66.4 Å². The van der Waals surface area contributed by atoms with Crippen molar-refractivity contribution < 1.29 is 19.8 Å². The molecule has 1 aliphatic heterocycles. The number of nitrogens with zero attached hydrogens (tertiary/aromatic N) is 1. The van der Waals surface area contributed by atoms with Crippen LogP contribution < -0.4 is 10.6 Å². The third-order valence-electron chi connectivity index (χ3n) is 6.22. The van der Waals surface area contributed by atoms with Crippen LogP contribution in [0.4, 0.5) is 5.69 Å². The molecule has 2 aromatic rings. The van der Waals surface area contributed by atoms with Crippen molar-refractivity contribution >= 4 is 17.6 Å². The molecule has 1 fully saturated rings. The summed E-state index contributed by atoms with van der Waals surface area (Å²) in [6.45, 7) is 3.97. The molecule has 1 saturated heterocycles. The van der Waals surface area contributed by atoms with Gasteiger partial charge in [0.15, 0.2) is 0 Å². The third-order valence-corrected chi connectivity index (χ3v) is 6.22. The van der Waals surface area contributed by atoms with E-state index in [-0.39, 0.29) is 23.1 Å². The lowest BCUT2D eigenvalue weighted by Gasteiger charge is -2.34. The highest BCUT2D eigenvalue weighted by Gasteiger charge is 2.31. The molecule has 0 saturated carbocycles. The number of amides is 1. The number of rotatable bonds is 9. The summed E-state index contributed by atoms with van der Waals surface area (Å²) < 4.78 is 0. The number of phenolic OH excluding ortho intramolecular Hbond substituents is 1. The number of benzene rings is 2. The summed E-state index contributed by atoms with van der Waals surface area (Å²) in [6.07, 6.45) is 5.57. The van der Waals surface area contributed by atoms with Crippen molar-refractivity contribution in [1.82, 2.24) is 0 Å². The molecule has 0 aromatic heterocycles. The van der Waals surface area contributed by atoms with Gasteiger partial charge < -0.3 is 20.8 Å². The van der Waals surface area contributed by atoms with E-state index in [4.69, 9.17) is 10.8 Å². The summed E-state index contributed by atoms with van der Waals surface area (Å²) in [7, 11) is 0. The molecule has 31 heavy (non-hydrogen) atoms. The van der Waals surface area contributed by atoms with Crippen LogP contribution in [-0.4, -0.2) is 35.2 Å². The molecule has 0 radical (unpaired) electrons. The lowest BCUT2D eigenvalue weighted by Crippen LogP contribution is -2.34. The summed E-state index contributed by atoms with van der Waals surface area (Å²) >= 11 is 0. The Kier molecular flexibility index (Phi) is 7.55. The number of primary amides is 1. The van der Waals surface area contributed by atoms with Crippen LogP contribution in [0.25, 0.3) is 0 Å². The molecule has 2 atom stereocenters. The van der Waals surface area contributed by atoms with Crippen LogP contribution >= 0.6 is 0 Å². The number of carbonyl (C=O) groups excluding carboxylic acids is 1. The standard InChI is InChI=1S/C25H32N2O4/c1-2-6-20(21-12-11-19(28)16-23(21)27-13-4-3-5-14-27)22(24(26)29)15-17-7-9-18(10-8-17)25(30)31/h7-12,16,20,22,28H,2-6,13-15H2,1H3,(H2,26,29)(H,30,31). The largest absolute Gasteiger partial charge is 0.508 e. The Hall–Kier alpha value is -3.02. The Morgan fingerprint density at radius 3 is 2.32 bits per heavy atom. The van der Waals surface area contributed by atoms with Gasteiger partial charge >= 0.3 is 5.97 Å². The Labute approximate surface area is 183 Å². The number of hydrogen-bond acceptors (Lipinski definition) is 4. The van der Waals surface area contributed by atoms with Gasteiger partial charge in [-0.05, 0) is 67.3 Å². The molecule has 6 nitrogen and oxygen atoms in total. The Bertz CT molecular complexity index is 904. The van der Waals surface area contributed by atoms with E-state index in [1.807, 2.05) is 12.1 Å². The van der Waals surface area contributed by atoms with Gasteiger partial charge in [-0.25, -0.2) is 4.79 Å². The maximum Gasteiger partial charge on any atom is 0.335 e. The topological polar surface area (TPSA) is 104 Å². The number of carboxylic acid groups (broad SMARTS) is 1. The normalized spacial score (nSPS) is 16.0. The van der Waals surface area contributed by atoms with Gasteiger partial charge in [-0.15, -0.1) is 0 Å². The van der Waals surface area contributed by atoms with Crippen LogP contribution in [-0.2, 0) is 11.2 Å². The number of carbonyl (C=O) groups is 2. The first-order valence-electron chi connectivity index (χ1n) is 11.1. The molecule has 1 heterocycles. The van der Waals surface area contributed by atoms with Gasteiger partial charge in [-0.2, -0.15) is 0 Å². The van der Waals surface area contributed by atoms with E-state index in [9.17, 15) is 14.7 Å². The smallest absolute Gasteiger partial charge is 0.335 e. The number of nitrogens with two attached hydrogens (primary N) is 1. The number of piperidine rings is 1. The molecule has 1 aliphatic rings. The second kappa shape index (κ2) is 10.3. The Balaban J connectivity index is 1.96. The second-order valence-corrected chi connectivity index (χ2v) is 8.40. The minimum absolute atomic E-state index is 0.0841. The van der Waals surface area contributed by atoms with E-state index in [0.717, 1.165) is 55.6 Å². The monoisotopic (exact) mass is 424 g/mol. The molecular weight excluding hydrogens is 392 g/mol. The summed E-state index contributed by atoms with van der Waals surface area (Å²) in [5.74, 6) is -1.63. The summed E-state index contributed by atoms with van der Waals surface area (Å²) in [6, 6.07) is 12.1. The molecule has 4 N–H and O–H groups in total. The van der Waals surface area contributed by atoms with E-state index < -0.39 is 11.9 Å². The quantitative estimate of drug-likeness (QED) is 0.556. The van der Waals surface area contributed by atoms with E-state index >= 15 is 0 Å². The first-order chi connectivity index (χ1) is 14.9. The lowest BCUT2D eigenvalue weighted by atomic mass is 9.78. The predicted molar refractivity (Wildman–Crippen MR) is 122 cm³/mol. The van der Waals surface area contributed by atoms with Crippen molar-refractivity contribution in [3.05, 3.63) is 59.2 Å². The van der Waals surface area contributed by atoms with Crippen molar-refractivity contribution in [1.29, 1.82) is 0 Å². The first-order valence-corrected chi connectivity index (χ1v) is 11.1. The molecule has 0 aliphatic carbocycles. The Morgan fingerprint density at radius 1 is 1.06 bits per heavy atom. The van der Waals surface area contributed by atoms with Crippen molar-refractivity contribution in [2.45, 2.75) is 51.4 Å². The average molecular weight is 425 g/mol. The maximum atomic E-state index is 12.6. The van der Waals surface area contributed by atoms with Crippen LogP contribution in [0.5, 0.6) is 5.75 Å². The van der Waals surface area contributed by atoms with Gasteiger partial charge in [0.1, 0.15) is 5.75 Å². The predicted octanol–water partition coefficient (Wildman–Crippen LogP) is 4.31. The lowest BCUT2D eigenvalue weighted by molar-refractivity contribution is -0.122. The van der Waals surface area contributed by atoms with E-state index in [1.165, 1.54) is 6.42 Å². The van der Waals surface area contributed by atoms with Crippen molar-refractivity contribution in [3.8, 4) is 5.75 Å². The molecule has 0 bridgehead atoms. The SMILES string of the molecule is CCCC(c1ccc(O)cc1N1CCCCC1)C(Cc1ccc(C(=O)O)cc1)C(N)=O. The summed E-state index contributed by atoms with van der Waals surface area (Å²) in [5, 5.41) is 19.3. The van der Waals surface area contributed by atoms with Crippen LogP contribution in [0, 0.1) is 5.92 Å². The van der Waals surface area contributed by atoms with E-state index in [2.05, 4.69) is 11.8 Å². The fourth-order valence-electron chi connectivity index (χ4n) is 4.62. The minimum Gasteiger partial charge on any atom is -0.508 e. The fraction of sp³-hybridized carbons (Fsp3) is 0.440. The first kappa shape index (κ1) is 22.7. The third kappa shape index (κ3) is 5.57. The van der Waals surface area contributed by atoms with Gasteiger partial charge in [-0.3, -0.25) is 4.79 Å². The zero-order chi connectivity index (χ0) is 22.4. The van der Waals surface area contributed by atoms with Gasteiger partial charge in [-0.1, -0.05) is 31.5 Å². The van der Waals surface area contributed by atoms with Crippen LogP contribution in [0.15, 0.2) is 42.5 Å². The Morgan fingerprint density at radius 2 is 1.74 bits per heavy atom. The molecule has 166 valence electrons. The highest BCUT2D eigenvalue weighted by Crippen LogP contribution is 2.40. The fourth-order valence-corrected chi connectivity index (χ4v) is 4.62. The molecule has 2 unspecified atom stereocenters. The zero-order valence-electron chi connectivity index (χ0n) is 18.1. The van der Waals surface area contributed by atoms with Gasteiger partial charge in [0.05, 0.1) is 5.56 Å². The van der Waals surface area contributed by atoms with E-state index in [1.54, 1.807) is 30.3 Å². The number of hydrogen-bond donors (Lipinski definition) is 3. The zero-order valence-corrected chi connectivity index (χ0v) is 18.1. The number of phenols is 1.